The number of ketones is 1. The Morgan fingerprint density at radius 3 is 2.55 bits per heavy atom. The van der Waals surface area contributed by atoms with Gasteiger partial charge in [0, 0.05) is 21.6 Å². The number of hydrogen-bond acceptors (Lipinski definition) is 7. The number of benzene rings is 2. The van der Waals surface area contributed by atoms with E-state index >= 15 is 0 Å². The predicted octanol–water partition coefficient (Wildman–Crippen LogP) is 4.30. The molecule has 5 rings (SSSR count). The van der Waals surface area contributed by atoms with Crippen LogP contribution in [0.15, 0.2) is 64.1 Å². The van der Waals surface area contributed by atoms with E-state index in [4.69, 9.17) is 9.47 Å². The summed E-state index contributed by atoms with van der Waals surface area (Å²) in [4.78, 5) is 31.6. The predicted molar refractivity (Wildman–Crippen MR) is 118 cm³/mol. The summed E-state index contributed by atoms with van der Waals surface area (Å²) in [5.41, 5.74) is 1.04. The number of carbonyl (C=O) groups is 2. The molecule has 1 N–H and O–H groups in total. The van der Waals surface area contributed by atoms with Crippen molar-refractivity contribution in [1.82, 2.24) is 4.98 Å². The fraction of sp³-hybridized carbons (Fsp3) is 0.136. The summed E-state index contributed by atoms with van der Waals surface area (Å²) in [5, 5.41) is 13.3. The lowest BCUT2D eigenvalue weighted by molar-refractivity contribution is -0.132. The number of aromatic nitrogens is 1. The van der Waals surface area contributed by atoms with E-state index < -0.39 is 17.7 Å². The van der Waals surface area contributed by atoms with E-state index in [1.54, 1.807) is 41.9 Å². The van der Waals surface area contributed by atoms with Crippen LogP contribution in [0.4, 0.5) is 5.13 Å². The molecule has 1 atom stereocenters. The van der Waals surface area contributed by atoms with Crippen LogP contribution < -0.4 is 14.4 Å². The van der Waals surface area contributed by atoms with Crippen LogP contribution in [-0.2, 0) is 9.59 Å². The second-order valence-electron chi connectivity index (χ2n) is 6.89. The minimum Gasteiger partial charge on any atom is -0.507 e. The van der Waals surface area contributed by atoms with Crippen molar-refractivity contribution in [3.05, 3.63) is 75.2 Å². The van der Waals surface area contributed by atoms with E-state index in [9.17, 15) is 14.7 Å². The number of aliphatic hydroxyl groups is 1. The number of amides is 1. The lowest BCUT2D eigenvalue weighted by atomic mass is 9.95. The molecule has 7 nitrogen and oxygen atoms in total. The lowest BCUT2D eigenvalue weighted by Gasteiger charge is -2.23. The van der Waals surface area contributed by atoms with E-state index in [0.717, 1.165) is 4.47 Å². The third-order valence-corrected chi connectivity index (χ3v) is 6.37. The summed E-state index contributed by atoms with van der Waals surface area (Å²) in [5.74, 6) is -0.736. The van der Waals surface area contributed by atoms with Gasteiger partial charge in [0.25, 0.3) is 5.78 Å². The maximum atomic E-state index is 13.1. The minimum atomic E-state index is -0.813. The number of aliphatic hydroxyl groups excluding tert-OH is 1. The first-order chi connectivity index (χ1) is 15.0. The van der Waals surface area contributed by atoms with Crippen molar-refractivity contribution in [3.63, 3.8) is 0 Å². The van der Waals surface area contributed by atoms with E-state index in [-0.39, 0.29) is 11.3 Å². The van der Waals surface area contributed by atoms with Gasteiger partial charge in [-0.05, 0) is 35.9 Å². The summed E-state index contributed by atoms with van der Waals surface area (Å²) in [6, 6.07) is 11.4. The van der Waals surface area contributed by atoms with Crippen LogP contribution in [0.2, 0.25) is 0 Å². The number of anilines is 1. The number of carbonyl (C=O) groups excluding carboxylic acids is 2. The number of fused-ring (bicyclic) bond motifs is 1. The Kier molecular flexibility index (Phi) is 4.99. The summed E-state index contributed by atoms with van der Waals surface area (Å²) >= 11 is 4.65. The fourth-order valence-electron chi connectivity index (χ4n) is 3.67. The number of ether oxygens (including phenoxy) is 2. The quantitative estimate of drug-likeness (QED) is 0.329. The Morgan fingerprint density at radius 2 is 1.84 bits per heavy atom. The molecule has 156 valence electrons. The van der Waals surface area contributed by atoms with Crippen molar-refractivity contribution in [1.29, 1.82) is 0 Å². The number of halogens is 1. The Balaban J connectivity index is 1.68. The first kappa shape index (κ1) is 19.8. The van der Waals surface area contributed by atoms with Gasteiger partial charge in [-0.15, -0.1) is 11.3 Å². The molecule has 0 radical (unpaired) electrons. The van der Waals surface area contributed by atoms with Crippen molar-refractivity contribution in [3.8, 4) is 11.5 Å². The zero-order valence-electron chi connectivity index (χ0n) is 15.9. The molecule has 9 heteroatoms. The van der Waals surface area contributed by atoms with Gasteiger partial charge >= 0.3 is 5.91 Å². The van der Waals surface area contributed by atoms with Gasteiger partial charge in [-0.25, -0.2) is 4.98 Å². The maximum Gasteiger partial charge on any atom is 0.301 e. The van der Waals surface area contributed by atoms with Crippen LogP contribution in [0.3, 0.4) is 0 Å². The molecule has 3 aromatic rings. The lowest BCUT2D eigenvalue weighted by Crippen LogP contribution is -2.29. The molecule has 0 bridgehead atoms. The maximum absolute atomic E-state index is 13.1. The molecule has 2 aromatic carbocycles. The molecule has 0 aliphatic carbocycles. The van der Waals surface area contributed by atoms with Crippen LogP contribution in [0.5, 0.6) is 11.5 Å². The largest absolute Gasteiger partial charge is 0.507 e. The van der Waals surface area contributed by atoms with Crippen LogP contribution in [0.25, 0.3) is 5.76 Å². The average Bonchev–Trinajstić information content (AvgIpc) is 3.40. The highest BCUT2D eigenvalue weighted by atomic mass is 79.9. The van der Waals surface area contributed by atoms with Crippen molar-refractivity contribution in [2.75, 3.05) is 18.1 Å². The van der Waals surface area contributed by atoms with Gasteiger partial charge in [-0.3, -0.25) is 14.5 Å². The molecule has 3 heterocycles. The van der Waals surface area contributed by atoms with E-state index in [1.165, 1.54) is 16.2 Å². The molecular formula is C22H15BrN2O5S. The normalized spacial score (nSPS) is 19.6. The number of rotatable bonds is 3. The second-order valence-corrected chi connectivity index (χ2v) is 8.68. The van der Waals surface area contributed by atoms with Gasteiger partial charge in [-0.2, -0.15) is 0 Å². The highest BCUT2D eigenvalue weighted by Gasteiger charge is 2.48. The molecule has 0 unspecified atom stereocenters. The van der Waals surface area contributed by atoms with Crippen molar-refractivity contribution in [2.24, 2.45) is 0 Å². The van der Waals surface area contributed by atoms with Crippen molar-refractivity contribution in [2.45, 2.75) is 6.04 Å². The topological polar surface area (TPSA) is 89.0 Å². The van der Waals surface area contributed by atoms with Gasteiger partial charge in [-0.1, -0.05) is 28.1 Å². The highest BCUT2D eigenvalue weighted by Crippen LogP contribution is 2.43. The molecule has 1 fully saturated rings. The molecular weight excluding hydrogens is 484 g/mol. The van der Waals surface area contributed by atoms with Crippen molar-refractivity contribution >= 4 is 49.8 Å². The summed E-state index contributed by atoms with van der Waals surface area (Å²) < 4.78 is 12.0. The smallest absolute Gasteiger partial charge is 0.301 e. The first-order valence-corrected chi connectivity index (χ1v) is 11.1. The first-order valence-electron chi connectivity index (χ1n) is 9.40. The Morgan fingerprint density at radius 1 is 1.10 bits per heavy atom. The van der Waals surface area contributed by atoms with Crippen LogP contribution >= 0.6 is 27.3 Å². The van der Waals surface area contributed by atoms with Crippen molar-refractivity contribution < 1.29 is 24.2 Å². The fourth-order valence-corrected chi connectivity index (χ4v) is 4.60. The summed E-state index contributed by atoms with van der Waals surface area (Å²) in [6.07, 6.45) is 1.57. The molecule has 2 aliphatic heterocycles. The van der Waals surface area contributed by atoms with E-state index in [2.05, 4.69) is 20.9 Å². The third kappa shape index (κ3) is 3.39. The summed E-state index contributed by atoms with van der Waals surface area (Å²) in [7, 11) is 0. The number of nitrogens with zero attached hydrogens (tertiary/aromatic N) is 2. The molecule has 0 spiro atoms. The molecule has 2 aliphatic rings. The van der Waals surface area contributed by atoms with E-state index in [0.29, 0.717) is 41.0 Å². The minimum absolute atomic E-state index is 0.000741. The standard InChI is InChI=1S/C22H15BrN2O5S/c23-14-4-1-12(2-5-14)18-17(20(27)21(28)25(18)22-24-7-10-31-22)19(26)13-3-6-15-16(11-13)30-9-8-29-15/h1-7,10-11,18,26H,8-9H2/b19-17+/t18-/m0/s1. The zero-order valence-corrected chi connectivity index (χ0v) is 18.4. The summed E-state index contributed by atoms with van der Waals surface area (Å²) in [6.45, 7) is 0.839. The SMILES string of the molecule is O=C1C(=O)N(c2nccs2)[C@@H](c2ccc(Br)cc2)/C1=C(\O)c1ccc2c(c1)OCCO2. The number of hydrogen-bond donors (Lipinski definition) is 1. The van der Waals surface area contributed by atoms with Crippen LogP contribution in [-0.4, -0.2) is 35.0 Å². The second kappa shape index (κ2) is 7.82. The molecule has 0 saturated carbocycles. The number of thiazole rings is 1. The average molecular weight is 499 g/mol. The van der Waals surface area contributed by atoms with Crippen LogP contribution in [0.1, 0.15) is 17.2 Å². The molecule has 1 amide bonds. The molecule has 31 heavy (non-hydrogen) atoms. The monoisotopic (exact) mass is 498 g/mol. The molecule has 1 aromatic heterocycles. The van der Waals surface area contributed by atoms with E-state index in [1.807, 2.05) is 12.1 Å². The van der Waals surface area contributed by atoms with Gasteiger partial charge in [0.1, 0.15) is 19.0 Å². The van der Waals surface area contributed by atoms with Gasteiger partial charge < -0.3 is 14.6 Å². The highest BCUT2D eigenvalue weighted by molar-refractivity contribution is 9.10. The number of Topliss-reactive ketones (excluding diaryl/α,β-unsaturated/α-hetero) is 1. The van der Waals surface area contributed by atoms with Crippen LogP contribution in [0, 0.1) is 0 Å². The Hall–Kier alpha value is -3.17. The Labute approximate surface area is 189 Å². The van der Waals surface area contributed by atoms with Gasteiger partial charge in [0.15, 0.2) is 16.6 Å². The van der Waals surface area contributed by atoms with Gasteiger partial charge in [0.2, 0.25) is 0 Å². The van der Waals surface area contributed by atoms with Gasteiger partial charge in [0.05, 0.1) is 11.6 Å². The zero-order chi connectivity index (χ0) is 21.5. The molecule has 1 saturated heterocycles. The Bertz CT molecular complexity index is 1210. The third-order valence-electron chi connectivity index (χ3n) is 5.07.